The molecule has 0 spiro atoms. The minimum Gasteiger partial charge on any atom is -0.494 e. The molecular formula is C24H19F3IN3O5. The number of nitrogens with zero attached hydrogens (tertiary/aromatic N) is 2. The van der Waals surface area contributed by atoms with Crippen LogP contribution in [0, 0.1) is 9.49 Å². The standard InChI is InChI=1S/C24H19F3IN3O5/c25-24(26,27)23(35)36-22(34)13-7-9-31(10-8-13)16-4-2-15(3-5-16)29-12-19-18-11-14(28)1-6-17(18)20(32)30-21(19)33/h1-6,11-13H,7-10H2,(H2,30,32,33). The first-order valence-corrected chi connectivity index (χ1v) is 11.9. The Labute approximate surface area is 215 Å². The van der Waals surface area contributed by atoms with E-state index in [4.69, 9.17) is 0 Å². The van der Waals surface area contributed by atoms with Crippen LogP contribution < -0.4 is 10.5 Å². The number of ether oxygens (including phenoxy) is 1. The van der Waals surface area contributed by atoms with Crippen molar-refractivity contribution in [3.63, 3.8) is 0 Å². The first-order chi connectivity index (χ1) is 17.0. The molecule has 0 aliphatic carbocycles. The van der Waals surface area contributed by atoms with Gasteiger partial charge in [0.15, 0.2) is 0 Å². The van der Waals surface area contributed by atoms with Crippen molar-refractivity contribution >= 4 is 62.9 Å². The number of benzene rings is 2. The van der Waals surface area contributed by atoms with E-state index in [2.05, 4.69) is 37.3 Å². The second-order valence-electron chi connectivity index (χ2n) is 8.15. The third kappa shape index (κ3) is 5.69. The first kappa shape index (κ1) is 25.7. The number of H-pyrrole nitrogens is 1. The number of pyridine rings is 1. The van der Waals surface area contributed by atoms with Gasteiger partial charge in [-0.3, -0.25) is 19.6 Å². The highest BCUT2D eigenvalue weighted by atomic mass is 127. The van der Waals surface area contributed by atoms with Crippen LogP contribution >= 0.6 is 22.6 Å². The van der Waals surface area contributed by atoms with Crippen LogP contribution in [0.3, 0.4) is 0 Å². The number of piperidine rings is 1. The summed E-state index contributed by atoms with van der Waals surface area (Å²) < 4.78 is 41.7. The second-order valence-corrected chi connectivity index (χ2v) is 9.39. The molecule has 1 aromatic heterocycles. The molecule has 4 rings (SSSR count). The normalized spacial score (nSPS) is 14.9. The maximum absolute atomic E-state index is 12.3. The lowest BCUT2D eigenvalue weighted by atomic mass is 9.96. The van der Waals surface area contributed by atoms with Gasteiger partial charge in [-0.25, -0.2) is 4.79 Å². The van der Waals surface area contributed by atoms with Gasteiger partial charge in [-0.05, 0) is 77.9 Å². The molecule has 0 bridgehead atoms. The van der Waals surface area contributed by atoms with Gasteiger partial charge < -0.3 is 14.7 Å². The Balaban J connectivity index is 1.42. The van der Waals surface area contributed by atoms with Crippen molar-refractivity contribution in [1.29, 1.82) is 0 Å². The molecule has 2 aromatic carbocycles. The number of hydrogen-bond donors (Lipinski definition) is 2. The summed E-state index contributed by atoms with van der Waals surface area (Å²) in [5.74, 6) is -4.72. The highest BCUT2D eigenvalue weighted by Gasteiger charge is 2.43. The number of nitrogens with one attached hydrogen (secondary N) is 1. The molecule has 2 heterocycles. The Kier molecular flexibility index (Phi) is 7.33. The topological polar surface area (TPSA) is 112 Å². The van der Waals surface area contributed by atoms with E-state index in [9.17, 15) is 32.7 Å². The summed E-state index contributed by atoms with van der Waals surface area (Å²) in [6, 6.07) is 12.4. The Morgan fingerprint density at radius 3 is 2.42 bits per heavy atom. The average Bonchev–Trinajstić information content (AvgIpc) is 2.83. The molecule has 3 aromatic rings. The summed E-state index contributed by atoms with van der Waals surface area (Å²) in [5, 5.41) is 11.3. The van der Waals surface area contributed by atoms with Crippen LogP contribution in [0.5, 0.6) is 5.88 Å². The van der Waals surface area contributed by atoms with Crippen molar-refractivity contribution in [3.05, 3.63) is 62.0 Å². The largest absolute Gasteiger partial charge is 0.494 e. The number of hydrogen-bond acceptors (Lipinski definition) is 7. The lowest BCUT2D eigenvalue weighted by Crippen LogP contribution is -2.38. The van der Waals surface area contributed by atoms with Crippen molar-refractivity contribution in [2.24, 2.45) is 10.9 Å². The summed E-state index contributed by atoms with van der Waals surface area (Å²) in [6.45, 7) is 0.803. The number of aliphatic imine (C=N–C) groups is 1. The highest BCUT2D eigenvalue weighted by molar-refractivity contribution is 14.1. The fourth-order valence-corrected chi connectivity index (χ4v) is 4.42. The molecule has 0 unspecified atom stereocenters. The van der Waals surface area contributed by atoms with Crippen molar-refractivity contribution in [2.45, 2.75) is 19.0 Å². The van der Waals surface area contributed by atoms with Gasteiger partial charge in [-0.15, -0.1) is 0 Å². The molecule has 188 valence electrons. The summed E-state index contributed by atoms with van der Waals surface area (Å²) in [7, 11) is 0. The predicted octanol–water partition coefficient (Wildman–Crippen LogP) is 4.44. The number of esters is 2. The fraction of sp³-hybridized carbons (Fsp3) is 0.250. The Hall–Kier alpha value is -3.42. The Morgan fingerprint density at radius 1 is 1.11 bits per heavy atom. The van der Waals surface area contributed by atoms with Crippen LogP contribution in [-0.2, 0) is 14.3 Å². The molecule has 0 amide bonds. The van der Waals surface area contributed by atoms with Crippen molar-refractivity contribution < 1.29 is 32.6 Å². The molecule has 0 atom stereocenters. The third-order valence-electron chi connectivity index (χ3n) is 5.81. The van der Waals surface area contributed by atoms with Crippen LogP contribution in [0.4, 0.5) is 24.5 Å². The minimum atomic E-state index is -5.21. The number of aromatic hydroxyl groups is 1. The molecule has 8 nitrogen and oxygen atoms in total. The highest BCUT2D eigenvalue weighted by Crippen LogP contribution is 2.28. The summed E-state index contributed by atoms with van der Waals surface area (Å²) in [5.41, 5.74) is 1.40. The number of halogens is 4. The maximum atomic E-state index is 12.3. The van der Waals surface area contributed by atoms with Gasteiger partial charge in [0.05, 0.1) is 17.2 Å². The number of fused-ring (bicyclic) bond motifs is 1. The first-order valence-electron chi connectivity index (χ1n) is 10.8. The van der Waals surface area contributed by atoms with E-state index in [0.29, 0.717) is 35.1 Å². The molecule has 0 radical (unpaired) electrons. The van der Waals surface area contributed by atoms with Crippen molar-refractivity contribution in [3.8, 4) is 5.88 Å². The lowest BCUT2D eigenvalue weighted by Gasteiger charge is -2.32. The zero-order chi connectivity index (χ0) is 26.0. The van der Waals surface area contributed by atoms with Gasteiger partial charge >= 0.3 is 18.1 Å². The molecule has 2 N–H and O–H groups in total. The van der Waals surface area contributed by atoms with Crippen LogP contribution in [0.1, 0.15) is 18.4 Å². The maximum Gasteiger partial charge on any atom is 0.491 e. The number of anilines is 1. The number of aromatic nitrogens is 1. The van der Waals surface area contributed by atoms with E-state index in [-0.39, 0.29) is 18.7 Å². The number of carbonyl (C=O) groups excluding carboxylic acids is 2. The SMILES string of the molecule is O=C(OC(=O)C(F)(F)F)C1CCN(c2ccc(N=Cc3c(O)[nH]c(=O)c4ccc(I)cc34)cc2)CC1. The smallest absolute Gasteiger partial charge is 0.491 e. The fourth-order valence-electron chi connectivity index (χ4n) is 3.93. The van der Waals surface area contributed by atoms with Gasteiger partial charge in [0.25, 0.3) is 5.56 Å². The minimum absolute atomic E-state index is 0.251. The second kappa shape index (κ2) is 10.3. The summed E-state index contributed by atoms with van der Waals surface area (Å²) >= 11 is 2.12. The average molecular weight is 613 g/mol. The molecule has 1 aliphatic heterocycles. The molecule has 0 saturated carbocycles. The molecular weight excluding hydrogens is 594 g/mol. The zero-order valence-electron chi connectivity index (χ0n) is 18.5. The predicted molar refractivity (Wildman–Crippen MR) is 135 cm³/mol. The van der Waals surface area contributed by atoms with Gasteiger partial charge in [0.2, 0.25) is 5.88 Å². The zero-order valence-corrected chi connectivity index (χ0v) is 20.7. The Morgan fingerprint density at radius 2 is 1.78 bits per heavy atom. The molecule has 1 aliphatic rings. The summed E-state index contributed by atoms with van der Waals surface area (Å²) in [6.07, 6.45) is -3.23. The van der Waals surface area contributed by atoms with Crippen molar-refractivity contribution in [1.82, 2.24) is 4.98 Å². The van der Waals surface area contributed by atoms with Crippen LogP contribution in [0.15, 0.2) is 52.3 Å². The van der Waals surface area contributed by atoms with Crippen molar-refractivity contribution in [2.75, 3.05) is 18.0 Å². The van der Waals surface area contributed by atoms with Gasteiger partial charge in [-0.2, -0.15) is 13.2 Å². The monoisotopic (exact) mass is 613 g/mol. The Bertz CT molecular complexity index is 1400. The van der Waals surface area contributed by atoms with Crippen LogP contribution in [-0.4, -0.2) is 47.5 Å². The number of rotatable bonds is 4. The quantitative estimate of drug-likeness (QED) is 0.195. The third-order valence-corrected chi connectivity index (χ3v) is 6.49. The van der Waals surface area contributed by atoms with E-state index in [1.165, 1.54) is 6.21 Å². The number of alkyl halides is 3. The van der Waals surface area contributed by atoms with Gasteiger partial charge in [0, 0.05) is 39.3 Å². The van der Waals surface area contributed by atoms with E-state index >= 15 is 0 Å². The van der Waals surface area contributed by atoms with Gasteiger partial charge in [-0.1, -0.05) is 0 Å². The van der Waals surface area contributed by atoms with Gasteiger partial charge in [0.1, 0.15) is 0 Å². The van der Waals surface area contributed by atoms with Crippen LogP contribution in [0.25, 0.3) is 10.8 Å². The summed E-state index contributed by atoms with van der Waals surface area (Å²) in [4.78, 5) is 43.6. The van der Waals surface area contributed by atoms with E-state index in [1.807, 2.05) is 17.0 Å². The lowest BCUT2D eigenvalue weighted by molar-refractivity contribution is -0.203. The number of carbonyl (C=O) groups is 2. The number of aromatic amines is 1. The van der Waals surface area contributed by atoms with E-state index in [0.717, 1.165) is 9.26 Å². The molecule has 1 fully saturated rings. The van der Waals surface area contributed by atoms with E-state index < -0.39 is 29.6 Å². The molecule has 36 heavy (non-hydrogen) atoms. The molecule has 12 heteroatoms. The molecule has 1 saturated heterocycles. The van der Waals surface area contributed by atoms with Crippen LogP contribution in [0.2, 0.25) is 0 Å². The van der Waals surface area contributed by atoms with E-state index in [1.54, 1.807) is 30.3 Å².